The maximum atomic E-state index is 13.4. The summed E-state index contributed by atoms with van der Waals surface area (Å²) in [5.41, 5.74) is 1.87. The van der Waals surface area contributed by atoms with Gasteiger partial charge < -0.3 is 25.4 Å². The molecule has 1 aliphatic heterocycles. The van der Waals surface area contributed by atoms with E-state index in [2.05, 4.69) is 10.6 Å². The number of carbonyl (C=O) groups is 2. The lowest BCUT2D eigenvalue weighted by atomic mass is 9.93. The number of thiophene rings is 1. The standard InChI is InChI=1S/C30H35ClN4O5S/c1-40-25-16-22(35-18-19(15-28(35)37)17-33-29(38)26-10-11-27(31)41-26)6-9-24(25)34-14-2-3-20(30(34)39)12-13-32-21-4-7-23(36)8-5-21/h2-3,6,9-11,14,16,19,21,23,32,36H,4-5,7-8,12-13,15,17-18H2,1H3,(H,33,38)/t19-,21-,23-/m0/s1. The van der Waals surface area contributed by atoms with E-state index >= 15 is 0 Å². The summed E-state index contributed by atoms with van der Waals surface area (Å²) in [4.78, 5) is 40.9. The number of amides is 2. The minimum absolute atomic E-state index is 0.0286. The van der Waals surface area contributed by atoms with Crippen molar-refractivity contribution in [1.82, 2.24) is 15.2 Å². The van der Waals surface area contributed by atoms with Crippen LogP contribution in [0.4, 0.5) is 5.69 Å². The number of rotatable bonds is 10. The Balaban J connectivity index is 1.23. The minimum atomic E-state index is -0.198. The largest absolute Gasteiger partial charge is 0.494 e. The summed E-state index contributed by atoms with van der Waals surface area (Å²) < 4.78 is 7.79. The summed E-state index contributed by atoms with van der Waals surface area (Å²) in [6.45, 7) is 1.54. The number of nitrogens with one attached hydrogen (secondary N) is 2. The molecule has 1 saturated heterocycles. The van der Waals surface area contributed by atoms with Crippen LogP contribution in [-0.4, -0.2) is 60.4 Å². The number of methoxy groups -OCH3 is 1. The molecule has 218 valence electrons. The maximum Gasteiger partial charge on any atom is 0.261 e. The zero-order valence-corrected chi connectivity index (χ0v) is 24.5. The highest BCUT2D eigenvalue weighted by Crippen LogP contribution is 2.32. The first kappa shape index (κ1) is 29.3. The Kier molecular flexibility index (Phi) is 9.44. The quantitative estimate of drug-likeness (QED) is 0.327. The molecule has 3 aromatic rings. The zero-order valence-electron chi connectivity index (χ0n) is 23.0. The van der Waals surface area contributed by atoms with Crippen molar-refractivity contribution in [3.05, 3.63) is 73.8 Å². The highest BCUT2D eigenvalue weighted by Gasteiger charge is 2.31. The summed E-state index contributed by atoms with van der Waals surface area (Å²) in [5.74, 6) is 0.229. The van der Waals surface area contributed by atoms with Crippen molar-refractivity contribution in [2.45, 2.75) is 50.7 Å². The van der Waals surface area contributed by atoms with E-state index in [1.165, 1.54) is 11.3 Å². The van der Waals surface area contributed by atoms with E-state index in [1.807, 2.05) is 18.2 Å². The van der Waals surface area contributed by atoms with Crippen molar-refractivity contribution in [2.24, 2.45) is 5.92 Å². The molecular formula is C30H35ClN4O5S. The lowest BCUT2D eigenvalue weighted by Gasteiger charge is -2.26. The van der Waals surface area contributed by atoms with E-state index in [4.69, 9.17) is 16.3 Å². The number of ether oxygens (including phenoxy) is 1. The monoisotopic (exact) mass is 598 g/mol. The molecule has 2 fully saturated rings. The van der Waals surface area contributed by atoms with Gasteiger partial charge in [0.05, 0.1) is 28.1 Å². The van der Waals surface area contributed by atoms with E-state index in [-0.39, 0.29) is 29.4 Å². The fourth-order valence-corrected chi connectivity index (χ4v) is 6.53. The van der Waals surface area contributed by atoms with E-state index in [9.17, 15) is 19.5 Å². The molecule has 2 amide bonds. The predicted octanol–water partition coefficient (Wildman–Crippen LogP) is 3.78. The van der Waals surface area contributed by atoms with Gasteiger partial charge in [-0.05, 0) is 69.0 Å². The molecule has 1 aliphatic carbocycles. The smallest absolute Gasteiger partial charge is 0.261 e. The minimum Gasteiger partial charge on any atom is -0.494 e. The normalized spacial score (nSPS) is 20.8. The summed E-state index contributed by atoms with van der Waals surface area (Å²) in [6.07, 6.45) is 5.98. The van der Waals surface area contributed by atoms with Gasteiger partial charge in [-0.25, -0.2) is 0 Å². The molecule has 2 aromatic heterocycles. The number of carbonyl (C=O) groups excluding carboxylic acids is 2. The van der Waals surface area contributed by atoms with Crippen molar-refractivity contribution in [1.29, 1.82) is 0 Å². The molecule has 2 aliphatic rings. The third kappa shape index (κ3) is 7.01. The van der Waals surface area contributed by atoms with Crippen LogP contribution in [0.5, 0.6) is 5.75 Å². The van der Waals surface area contributed by atoms with Gasteiger partial charge in [0.25, 0.3) is 11.5 Å². The van der Waals surface area contributed by atoms with E-state index < -0.39 is 0 Å². The third-order valence-electron chi connectivity index (χ3n) is 7.84. The van der Waals surface area contributed by atoms with Gasteiger partial charge in [0, 0.05) is 55.0 Å². The van der Waals surface area contributed by atoms with Crippen molar-refractivity contribution in [2.75, 3.05) is 31.6 Å². The summed E-state index contributed by atoms with van der Waals surface area (Å²) >= 11 is 7.15. The van der Waals surface area contributed by atoms with Crippen molar-refractivity contribution >= 4 is 40.4 Å². The fraction of sp³-hybridized carbons (Fsp3) is 0.433. The van der Waals surface area contributed by atoms with Gasteiger partial charge in [0.15, 0.2) is 0 Å². The number of hydrogen-bond donors (Lipinski definition) is 3. The maximum absolute atomic E-state index is 13.4. The lowest BCUT2D eigenvalue weighted by molar-refractivity contribution is -0.117. The molecule has 3 heterocycles. The van der Waals surface area contributed by atoms with E-state index in [1.54, 1.807) is 47.0 Å². The number of aliphatic hydroxyl groups excluding tert-OH is 1. The van der Waals surface area contributed by atoms with Crippen LogP contribution in [0.15, 0.2) is 53.5 Å². The van der Waals surface area contributed by atoms with Gasteiger partial charge in [-0.1, -0.05) is 17.7 Å². The molecule has 0 unspecified atom stereocenters. The first-order chi connectivity index (χ1) is 19.8. The summed E-state index contributed by atoms with van der Waals surface area (Å²) in [7, 11) is 1.55. The van der Waals surface area contributed by atoms with Crippen molar-refractivity contribution in [3.8, 4) is 11.4 Å². The predicted molar refractivity (Wildman–Crippen MR) is 161 cm³/mol. The Morgan fingerprint density at radius 3 is 2.68 bits per heavy atom. The van der Waals surface area contributed by atoms with Crippen molar-refractivity contribution in [3.63, 3.8) is 0 Å². The molecule has 0 spiro atoms. The molecular weight excluding hydrogens is 564 g/mol. The second kappa shape index (κ2) is 13.2. The molecule has 9 nitrogen and oxygen atoms in total. The van der Waals surface area contributed by atoms with Crippen LogP contribution in [0.1, 0.15) is 47.3 Å². The Bertz CT molecular complexity index is 1450. The molecule has 0 radical (unpaired) electrons. The number of benzene rings is 1. The van der Waals surface area contributed by atoms with Gasteiger partial charge in [0.2, 0.25) is 5.91 Å². The highest BCUT2D eigenvalue weighted by atomic mass is 35.5. The van der Waals surface area contributed by atoms with Gasteiger partial charge in [-0.15, -0.1) is 11.3 Å². The first-order valence-electron chi connectivity index (χ1n) is 14.0. The second-order valence-corrected chi connectivity index (χ2v) is 12.4. The van der Waals surface area contributed by atoms with Gasteiger partial charge in [-0.3, -0.25) is 19.0 Å². The fourth-order valence-electron chi connectivity index (χ4n) is 5.57. The van der Waals surface area contributed by atoms with Crippen LogP contribution in [0.25, 0.3) is 5.69 Å². The highest BCUT2D eigenvalue weighted by molar-refractivity contribution is 7.18. The number of halogens is 1. The summed E-state index contributed by atoms with van der Waals surface area (Å²) in [6, 6.07) is 12.9. The summed E-state index contributed by atoms with van der Waals surface area (Å²) in [5, 5.41) is 16.1. The van der Waals surface area contributed by atoms with Crippen molar-refractivity contribution < 1.29 is 19.4 Å². The molecule has 41 heavy (non-hydrogen) atoms. The number of nitrogens with zero attached hydrogens (tertiary/aromatic N) is 2. The molecule has 5 rings (SSSR count). The Hall–Kier alpha value is -3.18. The number of pyridine rings is 1. The van der Waals surface area contributed by atoms with Crippen LogP contribution >= 0.6 is 22.9 Å². The van der Waals surface area contributed by atoms with Gasteiger partial charge in [-0.2, -0.15) is 0 Å². The Morgan fingerprint density at radius 2 is 1.95 bits per heavy atom. The number of aromatic nitrogens is 1. The average Bonchev–Trinajstić information content (AvgIpc) is 3.58. The first-order valence-corrected chi connectivity index (χ1v) is 15.2. The number of hydrogen-bond acceptors (Lipinski definition) is 7. The van der Waals surface area contributed by atoms with E-state index in [0.717, 1.165) is 25.7 Å². The molecule has 1 atom stereocenters. The topological polar surface area (TPSA) is 113 Å². The molecule has 11 heteroatoms. The van der Waals surface area contributed by atoms with Crippen LogP contribution in [0, 0.1) is 5.92 Å². The molecule has 1 aromatic carbocycles. The Labute approximate surface area is 248 Å². The number of aliphatic hydroxyl groups is 1. The lowest BCUT2D eigenvalue weighted by Crippen LogP contribution is -2.36. The Morgan fingerprint density at radius 1 is 1.15 bits per heavy atom. The second-order valence-electron chi connectivity index (χ2n) is 10.7. The molecule has 0 bridgehead atoms. The number of anilines is 1. The zero-order chi connectivity index (χ0) is 28.9. The third-order valence-corrected chi connectivity index (χ3v) is 9.07. The van der Waals surface area contributed by atoms with Gasteiger partial charge >= 0.3 is 0 Å². The molecule has 3 N–H and O–H groups in total. The molecule has 1 saturated carbocycles. The SMILES string of the molecule is COc1cc(N2C[C@H](CNC(=O)c3ccc(Cl)s3)CC2=O)ccc1-n1cccc(CCN[C@H]2CC[C@H](O)CC2)c1=O. The van der Waals surface area contributed by atoms with E-state index in [0.29, 0.717) is 70.4 Å². The average molecular weight is 599 g/mol. The van der Waals surface area contributed by atoms with Crippen LogP contribution in [0.2, 0.25) is 4.34 Å². The van der Waals surface area contributed by atoms with Gasteiger partial charge in [0.1, 0.15) is 5.75 Å². The van der Waals surface area contributed by atoms with Crippen LogP contribution < -0.4 is 25.8 Å². The van der Waals surface area contributed by atoms with Crippen LogP contribution in [-0.2, 0) is 11.2 Å². The van der Waals surface area contributed by atoms with Crippen LogP contribution in [0.3, 0.4) is 0 Å².